The average Bonchev–Trinajstić information content (AvgIpc) is 3.12. The summed E-state index contributed by atoms with van der Waals surface area (Å²) >= 11 is 1.68. The van der Waals surface area contributed by atoms with Crippen molar-refractivity contribution in [2.45, 2.75) is 38.1 Å². The minimum absolute atomic E-state index is 0.306. The number of carbonyl (C=O) groups is 1. The van der Waals surface area contributed by atoms with Crippen molar-refractivity contribution in [3.05, 3.63) is 22.4 Å². The molecule has 0 radical (unpaired) electrons. The lowest BCUT2D eigenvalue weighted by Gasteiger charge is -2.35. The summed E-state index contributed by atoms with van der Waals surface area (Å²) in [5, 5.41) is 5.65. The Kier molecular flexibility index (Phi) is 4.18. The van der Waals surface area contributed by atoms with Crippen LogP contribution in [0.15, 0.2) is 17.5 Å². The number of likely N-dealkylation sites (tertiary alicyclic amines) is 1. The van der Waals surface area contributed by atoms with Crippen molar-refractivity contribution >= 4 is 17.2 Å². The van der Waals surface area contributed by atoms with Crippen molar-refractivity contribution < 1.29 is 4.79 Å². The monoisotopic (exact) mass is 278 g/mol. The Bertz CT molecular complexity index is 404. The quantitative estimate of drug-likeness (QED) is 0.920. The Morgan fingerprint density at radius 3 is 2.84 bits per heavy atom. The van der Waals surface area contributed by atoms with E-state index >= 15 is 0 Å². The fourth-order valence-electron chi connectivity index (χ4n) is 3.34. The number of nitrogens with one attached hydrogen (secondary N) is 1. The highest BCUT2D eigenvalue weighted by molar-refractivity contribution is 7.10. The van der Waals surface area contributed by atoms with Crippen molar-refractivity contribution in [1.82, 2.24) is 10.2 Å². The van der Waals surface area contributed by atoms with Crippen LogP contribution in [0.4, 0.5) is 0 Å². The largest absolute Gasteiger partial charge is 0.342 e. The molecule has 0 aliphatic carbocycles. The van der Waals surface area contributed by atoms with E-state index in [2.05, 4.69) is 16.3 Å². The molecule has 1 aromatic heterocycles. The van der Waals surface area contributed by atoms with Gasteiger partial charge in [-0.15, -0.1) is 11.3 Å². The molecular weight excluding hydrogens is 256 g/mol. The molecule has 3 rings (SSSR count). The van der Waals surface area contributed by atoms with E-state index in [-0.39, 0.29) is 0 Å². The van der Waals surface area contributed by atoms with Crippen molar-refractivity contribution in [3.8, 4) is 0 Å². The van der Waals surface area contributed by atoms with Crippen LogP contribution in [0.2, 0.25) is 0 Å². The Hall–Kier alpha value is -0.870. The minimum atomic E-state index is 0.306. The number of carbonyl (C=O) groups excluding carboxylic acids is 1. The second kappa shape index (κ2) is 6.06. The fraction of sp³-hybridized carbons (Fsp3) is 0.667. The van der Waals surface area contributed by atoms with Crippen LogP contribution >= 0.6 is 11.3 Å². The van der Waals surface area contributed by atoms with Crippen molar-refractivity contribution in [3.63, 3.8) is 0 Å². The van der Waals surface area contributed by atoms with Gasteiger partial charge < -0.3 is 10.2 Å². The Morgan fingerprint density at radius 1 is 1.37 bits per heavy atom. The van der Waals surface area contributed by atoms with Gasteiger partial charge in [-0.1, -0.05) is 6.07 Å². The lowest BCUT2D eigenvalue weighted by Crippen LogP contribution is -2.43. The van der Waals surface area contributed by atoms with Gasteiger partial charge in [-0.2, -0.15) is 0 Å². The number of amides is 1. The maximum absolute atomic E-state index is 12.2. The van der Waals surface area contributed by atoms with Gasteiger partial charge in [-0.25, -0.2) is 0 Å². The molecule has 0 bridgehead atoms. The molecule has 2 saturated heterocycles. The van der Waals surface area contributed by atoms with Crippen LogP contribution in [0.25, 0.3) is 0 Å². The van der Waals surface area contributed by atoms with Crippen LogP contribution in [0.5, 0.6) is 0 Å². The highest BCUT2D eigenvalue weighted by Gasteiger charge is 2.29. The molecule has 1 amide bonds. The summed E-state index contributed by atoms with van der Waals surface area (Å²) in [6, 6.07) is 4.79. The van der Waals surface area contributed by atoms with Crippen LogP contribution in [0, 0.1) is 5.92 Å². The van der Waals surface area contributed by atoms with Gasteiger partial charge >= 0.3 is 0 Å². The predicted molar refractivity (Wildman–Crippen MR) is 78.4 cm³/mol. The highest BCUT2D eigenvalue weighted by Crippen LogP contribution is 2.26. The second-order valence-electron chi connectivity index (χ2n) is 5.68. The van der Waals surface area contributed by atoms with Gasteiger partial charge in [0.1, 0.15) is 0 Å². The smallest absolute Gasteiger partial charge is 0.227 e. The molecule has 3 heterocycles. The Labute approximate surface area is 119 Å². The minimum Gasteiger partial charge on any atom is -0.342 e. The van der Waals surface area contributed by atoms with Gasteiger partial charge in [0.25, 0.3) is 0 Å². The third-order valence-electron chi connectivity index (χ3n) is 4.47. The standard InChI is InChI=1S/C15H22N2OS/c18-15(11-13-3-2-10-19-13)17-8-5-12(6-9-17)14-4-1-7-16-14/h2-3,10,12,14,16H,1,4-9,11H2. The first-order valence-corrected chi connectivity index (χ1v) is 8.24. The molecule has 0 aromatic carbocycles. The Morgan fingerprint density at radius 2 is 2.21 bits per heavy atom. The summed E-state index contributed by atoms with van der Waals surface area (Å²) in [7, 11) is 0. The summed E-state index contributed by atoms with van der Waals surface area (Å²) in [6.07, 6.45) is 5.59. The predicted octanol–water partition coefficient (Wildman–Crippen LogP) is 2.28. The average molecular weight is 278 g/mol. The first-order valence-electron chi connectivity index (χ1n) is 7.36. The molecule has 2 aliphatic rings. The molecule has 2 aliphatic heterocycles. The van der Waals surface area contributed by atoms with Gasteiger partial charge in [0.05, 0.1) is 6.42 Å². The molecule has 0 spiro atoms. The van der Waals surface area contributed by atoms with Crippen LogP contribution in [-0.4, -0.2) is 36.5 Å². The fourth-order valence-corrected chi connectivity index (χ4v) is 4.03. The summed E-state index contributed by atoms with van der Waals surface area (Å²) in [5.74, 6) is 1.09. The molecule has 2 fully saturated rings. The zero-order chi connectivity index (χ0) is 13.1. The Balaban J connectivity index is 1.48. The van der Waals surface area contributed by atoms with Crippen LogP contribution < -0.4 is 5.32 Å². The third kappa shape index (κ3) is 3.18. The van der Waals surface area contributed by atoms with E-state index < -0.39 is 0 Å². The molecule has 0 saturated carbocycles. The number of rotatable bonds is 3. The van der Waals surface area contributed by atoms with E-state index in [1.165, 1.54) is 37.1 Å². The zero-order valence-electron chi connectivity index (χ0n) is 11.3. The molecule has 1 aromatic rings. The number of nitrogens with zero attached hydrogens (tertiary/aromatic N) is 1. The van der Waals surface area contributed by atoms with Gasteiger partial charge in [-0.05, 0) is 49.6 Å². The summed E-state index contributed by atoms with van der Waals surface area (Å²) in [4.78, 5) is 15.5. The van der Waals surface area contributed by atoms with Crippen molar-refractivity contribution in [2.24, 2.45) is 5.92 Å². The molecular formula is C15H22N2OS. The van der Waals surface area contributed by atoms with E-state index in [9.17, 15) is 4.79 Å². The maximum atomic E-state index is 12.2. The molecule has 1 unspecified atom stereocenters. The maximum Gasteiger partial charge on any atom is 0.227 e. The van der Waals surface area contributed by atoms with E-state index in [4.69, 9.17) is 0 Å². The van der Waals surface area contributed by atoms with Gasteiger partial charge in [0, 0.05) is 24.0 Å². The first-order chi connectivity index (χ1) is 9.33. The van der Waals surface area contributed by atoms with E-state index in [0.29, 0.717) is 12.3 Å². The normalized spacial score (nSPS) is 24.8. The summed E-state index contributed by atoms with van der Waals surface area (Å²) in [5.41, 5.74) is 0. The molecule has 1 atom stereocenters. The topological polar surface area (TPSA) is 32.3 Å². The van der Waals surface area contributed by atoms with E-state index in [1.807, 2.05) is 11.4 Å². The summed E-state index contributed by atoms with van der Waals surface area (Å²) in [6.45, 7) is 3.09. The second-order valence-corrected chi connectivity index (χ2v) is 6.71. The van der Waals surface area contributed by atoms with Gasteiger partial charge in [0.2, 0.25) is 5.91 Å². The molecule has 3 nitrogen and oxygen atoms in total. The lowest BCUT2D eigenvalue weighted by atomic mass is 9.88. The van der Waals surface area contributed by atoms with E-state index in [1.54, 1.807) is 11.3 Å². The SMILES string of the molecule is O=C(Cc1cccs1)N1CCC(C2CCCN2)CC1. The van der Waals surface area contributed by atoms with Crippen molar-refractivity contribution in [2.75, 3.05) is 19.6 Å². The number of hydrogen-bond donors (Lipinski definition) is 1. The van der Waals surface area contributed by atoms with Gasteiger partial charge in [0.15, 0.2) is 0 Å². The molecule has 4 heteroatoms. The lowest BCUT2D eigenvalue weighted by molar-refractivity contribution is -0.131. The third-order valence-corrected chi connectivity index (χ3v) is 5.34. The number of piperidine rings is 1. The molecule has 1 N–H and O–H groups in total. The first kappa shape index (κ1) is 13.1. The highest BCUT2D eigenvalue weighted by atomic mass is 32.1. The molecule has 104 valence electrons. The zero-order valence-corrected chi connectivity index (χ0v) is 12.1. The van der Waals surface area contributed by atoms with Crippen LogP contribution in [0.3, 0.4) is 0 Å². The molecule has 19 heavy (non-hydrogen) atoms. The number of hydrogen-bond acceptors (Lipinski definition) is 3. The van der Waals surface area contributed by atoms with E-state index in [0.717, 1.165) is 25.0 Å². The van der Waals surface area contributed by atoms with Gasteiger partial charge in [-0.3, -0.25) is 4.79 Å². The number of thiophene rings is 1. The van der Waals surface area contributed by atoms with Crippen LogP contribution in [0.1, 0.15) is 30.6 Å². The van der Waals surface area contributed by atoms with Crippen LogP contribution in [-0.2, 0) is 11.2 Å². The van der Waals surface area contributed by atoms with Crippen molar-refractivity contribution in [1.29, 1.82) is 0 Å². The summed E-state index contributed by atoms with van der Waals surface area (Å²) < 4.78 is 0.